The van der Waals surface area contributed by atoms with Crippen molar-refractivity contribution in [1.82, 2.24) is 9.38 Å². The van der Waals surface area contributed by atoms with Crippen LogP contribution in [0.4, 0.5) is 0 Å². The highest BCUT2D eigenvalue weighted by Crippen LogP contribution is 2.38. The standard InChI is InChI=1S/C19H18N2OSi/c1-11-9-10-15-17-16(11)13-7-5-6-8-14(13)18-20-12(2)19(21(17)18)22-23(15,3)4/h5-10H,1-4H3. The van der Waals surface area contributed by atoms with Gasteiger partial charge >= 0.3 is 0 Å². The summed E-state index contributed by atoms with van der Waals surface area (Å²) < 4.78 is 8.72. The summed E-state index contributed by atoms with van der Waals surface area (Å²) in [6.45, 7) is 8.79. The average molecular weight is 318 g/mol. The van der Waals surface area contributed by atoms with Crippen LogP contribution in [0, 0.1) is 13.8 Å². The van der Waals surface area contributed by atoms with Gasteiger partial charge in [-0.25, -0.2) is 4.98 Å². The van der Waals surface area contributed by atoms with Gasteiger partial charge in [-0.15, -0.1) is 0 Å². The molecule has 5 rings (SSSR count). The molecule has 0 bridgehead atoms. The molecule has 2 aromatic heterocycles. The predicted octanol–water partition coefficient (Wildman–Crippen LogP) is 4.06. The molecule has 3 nitrogen and oxygen atoms in total. The Labute approximate surface area is 135 Å². The van der Waals surface area contributed by atoms with Gasteiger partial charge in [-0.05, 0) is 37.9 Å². The molecule has 0 amide bonds. The lowest BCUT2D eigenvalue weighted by Gasteiger charge is -2.31. The van der Waals surface area contributed by atoms with Crippen LogP contribution in [0.1, 0.15) is 11.3 Å². The van der Waals surface area contributed by atoms with E-state index in [4.69, 9.17) is 9.41 Å². The minimum atomic E-state index is -1.98. The largest absolute Gasteiger partial charge is 0.526 e. The first-order chi connectivity index (χ1) is 11.0. The van der Waals surface area contributed by atoms with E-state index in [-0.39, 0.29) is 0 Å². The molecule has 3 heterocycles. The van der Waals surface area contributed by atoms with E-state index in [1.165, 1.54) is 32.4 Å². The zero-order valence-corrected chi connectivity index (χ0v) is 14.8. The van der Waals surface area contributed by atoms with Crippen LogP contribution in [0.2, 0.25) is 13.1 Å². The Bertz CT molecular complexity index is 1140. The van der Waals surface area contributed by atoms with Gasteiger partial charge in [0.1, 0.15) is 5.65 Å². The van der Waals surface area contributed by atoms with E-state index in [2.05, 4.69) is 60.8 Å². The number of aromatic nitrogens is 2. The Morgan fingerprint density at radius 2 is 1.74 bits per heavy atom. The average Bonchev–Trinajstić information content (AvgIpc) is 2.84. The second-order valence-electron chi connectivity index (χ2n) is 6.97. The van der Waals surface area contributed by atoms with Gasteiger partial charge in [-0.3, -0.25) is 4.40 Å². The van der Waals surface area contributed by atoms with Crippen molar-refractivity contribution in [3.05, 3.63) is 47.7 Å². The molecule has 0 saturated heterocycles. The first-order valence-electron chi connectivity index (χ1n) is 8.01. The van der Waals surface area contributed by atoms with Crippen LogP contribution in [0.15, 0.2) is 36.4 Å². The molecule has 0 atom stereocenters. The molecule has 0 aliphatic carbocycles. The van der Waals surface area contributed by atoms with E-state index in [0.29, 0.717) is 0 Å². The molecular weight excluding hydrogens is 300 g/mol. The third-order valence-corrected chi connectivity index (χ3v) is 7.45. The van der Waals surface area contributed by atoms with Crippen molar-refractivity contribution in [2.75, 3.05) is 0 Å². The van der Waals surface area contributed by atoms with Crippen molar-refractivity contribution in [1.29, 1.82) is 0 Å². The highest BCUT2D eigenvalue weighted by molar-refractivity contribution is 6.87. The fourth-order valence-corrected chi connectivity index (χ4v) is 6.09. The number of nitrogens with zero attached hydrogens (tertiary/aromatic N) is 2. The lowest BCUT2D eigenvalue weighted by Crippen LogP contribution is -2.51. The second-order valence-corrected chi connectivity index (χ2v) is 10.7. The molecule has 23 heavy (non-hydrogen) atoms. The number of aryl methyl sites for hydroxylation is 2. The first-order valence-corrected chi connectivity index (χ1v) is 10.9. The maximum atomic E-state index is 6.48. The van der Waals surface area contributed by atoms with Crippen molar-refractivity contribution >= 4 is 40.8 Å². The molecular formula is C19H18N2OSi. The highest BCUT2D eigenvalue weighted by atomic mass is 28.4. The summed E-state index contributed by atoms with van der Waals surface area (Å²) in [7, 11) is -1.98. The normalized spacial score (nSPS) is 15.7. The predicted molar refractivity (Wildman–Crippen MR) is 97.4 cm³/mol. The Morgan fingerprint density at radius 3 is 2.52 bits per heavy atom. The van der Waals surface area contributed by atoms with E-state index in [1.807, 2.05) is 6.92 Å². The van der Waals surface area contributed by atoms with Gasteiger partial charge in [0.15, 0.2) is 0 Å². The van der Waals surface area contributed by atoms with Gasteiger partial charge in [0.25, 0.3) is 8.32 Å². The maximum absolute atomic E-state index is 6.48. The zero-order valence-electron chi connectivity index (χ0n) is 13.8. The summed E-state index contributed by atoms with van der Waals surface area (Å²) in [4.78, 5) is 4.85. The third-order valence-electron chi connectivity index (χ3n) is 5.05. The quantitative estimate of drug-likeness (QED) is 0.361. The fraction of sp³-hybridized carbons (Fsp3) is 0.211. The summed E-state index contributed by atoms with van der Waals surface area (Å²) in [6, 6.07) is 13.1. The van der Waals surface area contributed by atoms with Crippen LogP contribution in [-0.2, 0) is 0 Å². The van der Waals surface area contributed by atoms with E-state index < -0.39 is 8.32 Å². The monoisotopic (exact) mass is 318 g/mol. The Hall–Kier alpha value is -2.33. The number of rotatable bonds is 0. The summed E-state index contributed by atoms with van der Waals surface area (Å²) >= 11 is 0. The number of fused-ring (bicyclic) bond motifs is 3. The molecule has 0 N–H and O–H groups in total. The number of pyridine rings is 1. The SMILES string of the molecule is Cc1nc2c3ccccc3c3c(C)ccc4c3n2c1O[Si]4(C)C. The maximum Gasteiger partial charge on any atom is 0.281 e. The zero-order chi connectivity index (χ0) is 15.9. The topological polar surface area (TPSA) is 26.5 Å². The molecule has 1 aliphatic rings. The Kier molecular flexibility index (Phi) is 2.25. The molecule has 0 spiro atoms. The Balaban J connectivity index is 2.24. The number of benzene rings is 2. The van der Waals surface area contributed by atoms with Crippen molar-refractivity contribution in [2.24, 2.45) is 0 Å². The first kappa shape index (κ1) is 13.1. The minimum Gasteiger partial charge on any atom is -0.526 e. The van der Waals surface area contributed by atoms with Gasteiger partial charge in [0.05, 0.1) is 11.2 Å². The molecule has 4 aromatic rings. The molecule has 0 fully saturated rings. The van der Waals surface area contributed by atoms with Gasteiger partial charge in [-0.2, -0.15) is 0 Å². The van der Waals surface area contributed by atoms with Crippen LogP contribution in [-0.4, -0.2) is 17.7 Å². The third kappa shape index (κ3) is 1.47. The lowest BCUT2D eigenvalue weighted by molar-refractivity contribution is 0.527. The van der Waals surface area contributed by atoms with E-state index in [9.17, 15) is 0 Å². The molecule has 1 aliphatic heterocycles. The van der Waals surface area contributed by atoms with Crippen LogP contribution < -0.4 is 9.61 Å². The van der Waals surface area contributed by atoms with Crippen molar-refractivity contribution in [3.63, 3.8) is 0 Å². The van der Waals surface area contributed by atoms with Crippen molar-refractivity contribution in [3.8, 4) is 5.88 Å². The van der Waals surface area contributed by atoms with Crippen molar-refractivity contribution < 1.29 is 4.43 Å². The lowest BCUT2D eigenvalue weighted by atomic mass is 10.0. The van der Waals surface area contributed by atoms with Crippen LogP contribution in [0.25, 0.3) is 27.3 Å². The molecule has 4 heteroatoms. The number of hydrogen-bond acceptors (Lipinski definition) is 2. The van der Waals surface area contributed by atoms with E-state index >= 15 is 0 Å². The molecule has 0 radical (unpaired) electrons. The Morgan fingerprint density at radius 1 is 1.00 bits per heavy atom. The van der Waals surface area contributed by atoms with Gasteiger partial charge in [0, 0.05) is 16.0 Å². The minimum absolute atomic E-state index is 0.936. The van der Waals surface area contributed by atoms with Gasteiger partial charge in [-0.1, -0.05) is 36.4 Å². The summed E-state index contributed by atoms with van der Waals surface area (Å²) in [5.74, 6) is 0.936. The second kappa shape index (κ2) is 3.95. The number of hydrogen-bond donors (Lipinski definition) is 0. The van der Waals surface area contributed by atoms with E-state index in [0.717, 1.165) is 17.2 Å². The molecule has 2 aromatic carbocycles. The van der Waals surface area contributed by atoms with Crippen LogP contribution in [0.3, 0.4) is 0 Å². The molecule has 114 valence electrons. The summed E-state index contributed by atoms with van der Waals surface area (Å²) in [6.07, 6.45) is 0. The fourth-order valence-electron chi connectivity index (χ4n) is 3.97. The molecule has 0 saturated carbocycles. The van der Waals surface area contributed by atoms with Gasteiger partial charge < -0.3 is 4.43 Å². The highest BCUT2D eigenvalue weighted by Gasteiger charge is 2.37. The van der Waals surface area contributed by atoms with Crippen LogP contribution in [0.5, 0.6) is 5.88 Å². The van der Waals surface area contributed by atoms with Crippen molar-refractivity contribution in [2.45, 2.75) is 26.9 Å². The summed E-state index contributed by atoms with van der Waals surface area (Å²) in [5, 5.41) is 5.18. The van der Waals surface area contributed by atoms with Gasteiger partial charge in [0.2, 0.25) is 5.88 Å². The van der Waals surface area contributed by atoms with Crippen LogP contribution >= 0.6 is 0 Å². The van der Waals surface area contributed by atoms with E-state index in [1.54, 1.807) is 0 Å². The molecule has 0 unspecified atom stereocenters. The summed E-state index contributed by atoms with van der Waals surface area (Å²) in [5.41, 5.74) is 4.61. The smallest absolute Gasteiger partial charge is 0.281 e. The number of imidazole rings is 1.